The second-order valence-corrected chi connectivity index (χ2v) is 4.88. The maximum Gasteiger partial charge on any atom is 0.219 e. The molecule has 0 amide bonds. The summed E-state index contributed by atoms with van der Waals surface area (Å²) in [6.07, 6.45) is 0. The predicted octanol–water partition coefficient (Wildman–Crippen LogP) is 3.96. The van der Waals surface area contributed by atoms with Crippen LogP contribution < -0.4 is 10.5 Å². The van der Waals surface area contributed by atoms with E-state index in [-0.39, 0.29) is 5.84 Å². The number of hydrogen-bond acceptors (Lipinski definition) is 3. The molecule has 0 unspecified atom stereocenters. The molecule has 1 aromatic heterocycles. The van der Waals surface area contributed by atoms with E-state index in [0.717, 1.165) is 10.8 Å². The average Bonchev–Trinajstić information content (AvgIpc) is 2.51. The minimum atomic E-state index is -0.0959. The van der Waals surface area contributed by atoms with E-state index in [0.29, 0.717) is 22.3 Å². The summed E-state index contributed by atoms with van der Waals surface area (Å²) in [6, 6.07) is 16.4. The van der Waals surface area contributed by atoms with Gasteiger partial charge in [0, 0.05) is 21.9 Å². The Kier molecular flexibility index (Phi) is 3.46. The van der Waals surface area contributed by atoms with Gasteiger partial charge >= 0.3 is 0 Å². The summed E-state index contributed by atoms with van der Waals surface area (Å²) in [5.41, 5.74) is 5.81. The quantitative estimate of drug-likeness (QED) is 0.567. The number of rotatable bonds is 3. The maximum atomic E-state index is 7.41. The van der Waals surface area contributed by atoms with E-state index in [4.69, 9.17) is 27.5 Å². The van der Waals surface area contributed by atoms with Crippen LogP contribution in [0.3, 0.4) is 0 Å². The number of hydrogen-bond donors (Lipinski definition) is 2. The lowest BCUT2D eigenvalue weighted by atomic mass is 10.1. The van der Waals surface area contributed by atoms with Gasteiger partial charge in [0.05, 0.1) is 0 Å². The number of nitrogens with two attached hydrogens (primary N) is 1. The van der Waals surface area contributed by atoms with Gasteiger partial charge < -0.3 is 10.5 Å². The van der Waals surface area contributed by atoms with Crippen molar-refractivity contribution in [3.05, 3.63) is 65.3 Å². The summed E-state index contributed by atoms with van der Waals surface area (Å²) < 4.78 is 5.82. The number of nitrogens with zero attached hydrogens (tertiary/aromatic N) is 1. The number of nitrogen functional groups attached to an aromatic ring is 1. The molecule has 0 aliphatic heterocycles. The van der Waals surface area contributed by atoms with Crippen molar-refractivity contribution in [2.24, 2.45) is 5.73 Å². The number of halogens is 1. The molecule has 0 bridgehead atoms. The van der Waals surface area contributed by atoms with E-state index < -0.39 is 0 Å². The minimum absolute atomic E-state index is 0.0959. The predicted molar refractivity (Wildman–Crippen MR) is 84.3 cm³/mol. The third-order valence-electron chi connectivity index (χ3n) is 3.04. The van der Waals surface area contributed by atoms with Crippen LogP contribution in [0.1, 0.15) is 5.69 Å². The third-order valence-corrected chi connectivity index (χ3v) is 3.37. The topological polar surface area (TPSA) is 72.0 Å². The zero-order chi connectivity index (χ0) is 14.8. The number of nitrogens with one attached hydrogen (secondary N) is 1. The van der Waals surface area contributed by atoms with Crippen molar-refractivity contribution in [3.63, 3.8) is 0 Å². The highest BCUT2D eigenvalue weighted by atomic mass is 35.5. The molecule has 0 atom stereocenters. The van der Waals surface area contributed by atoms with Gasteiger partial charge in [0.1, 0.15) is 17.3 Å². The molecular formula is C16H12ClN3O. The zero-order valence-electron chi connectivity index (χ0n) is 11.0. The van der Waals surface area contributed by atoms with Crippen LogP contribution in [0.25, 0.3) is 10.8 Å². The van der Waals surface area contributed by atoms with Crippen molar-refractivity contribution in [2.75, 3.05) is 0 Å². The summed E-state index contributed by atoms with van der Waals surface area (Å²) in [5, 5.41) is 9.90. The number of pyridine rings is 1. The molecule has 0 saturated carbocycles. The number of benzene rings is 2. The lowest BCUT2D eigenvalue weighted by molar-refractivity contribution is 0.468. The van der Waals surface area contributed by atoms with Gasteiger partial charge in [0.25, 0.3) is 0 Å². The van der Waals surface area contributed by atoms with Crippen molar-refractivity contribution in [1.82, 2.24) is 4.98 Å². The van der Waals surface area contributed by atoms with Gasteiger partial charge in [-0.2, -0.15) is 0 Å². The summed E-state index contributed by atoms with van der Waals surface area (Å²) >= 11 is 6.18. The standard InChI is InChI=1S/C16H12ClN3O/c17-12-8-9-14(11-5-2-1-4-10(11)12)21-15-7-3-6-13(20-15)16(18)19/h1-9H,(H3,18,19). The van der Waals surface area contributed by atoms with Crippen LogP contribution in [0, 0.1) is 5.41 Å². The Balaban J connectivity index is 2.04. The SMILES string of the molecule is N=C(N)c1cccc(Oc2ccc(Cl)c3ccccc23)n1. The molecule has 4 nitrogen and oxygen atoms in total. The molecule has 1 heterocycles. The summed E-state index contributed by atoms with van der Waals surface area (Å²) in [4.78, 5) is 4.19. The van der Waals surface area contributed by atoms with Gasteiger partial charge in [0.15, 0.2) is 0 Å². The Morgan fingerprint density at radius 1 is 1.00 bits per heavy atom. The fourth-order valence-electron chi connectivity index (χ4n) is 2.06. The molecule has 0 fully saturated rings. The molecule has 0 spiro atoms. The second kappa shape index (κ2) is 5.42. The highest BCUT2D eigenvalue weighted by Gasteiger charge is 2.08. The largest absolute Gasteiger partial charge is 0.438 e. The van der Waals surface area contributed by atoms with Gasteiger partial charge in [-0.1, -0.05) is 41.9 Å². The highest BCUT2D eigenvalue weighted by Crippen LogP contribution is 2.33. The van der Waals surface area contributed by atoms with E-state index in [9.17, 15) is 0 Å². The van der Waals surface area contributed by atoms with Gasteiger partial charge in [-0.15, -0.1) is 0 Å². The molecular weight excluding hydrogens is 286 g/mol. The first-order valence-corrected chi connectivity index (χ1v) is 6.69. The van der Waals surface area contributed by atoms with Crippen LogP contribution in [-0.4, -0.2) is 10.8 Å². The minimum Gasteiger partial charge on any atom is -0.438 e. The first-order chi connectivity index (χ1) is 10.1. The van der Waals surface area contributed by atoms with E-state index in [2.05, 4.69) is 4.98 Å². The molecule has 0 radical (unpaired) electrons. The Hall–Kier alpha value is -2.59. The van der Waals surface area contributed by atoms with Crippen LogP contribution >= 0.6 is 11.6 Å². The lowest BCUT2D eigenvalue weighted by Gasteiger charge is -2.10. The fourth-order valence-corrected chi connectivity index (χ4v) is 2.29. The number of amidine groups is 1. The van der Waals surface area contributed by atoms with E-state index in [1.165, 1.54) is 0 Å². The molecule has 0 aliphatic rings. The summed E-state index contributed by atoms with van der Waals surface area (Å²) in [6.45, 7) is 0. The van der Waals surface area contributed by atoms with Gasteiger partial charge in [-0.05, 0) is 18.2 Å². The Morgan fingerprint density at radius 3 is 2.52 bits per heavy atom. The normalized spacial score (nSPS) is 10.5. The first-order valence-electron chi connectivity index (χ1n) is 6.32. The smallest absolute Gasteiger partial charge is 0.219 e. The number of ether oxygens (including phenoxy) is 1. The van der Waals surface area contributed by atoms with Crippen LogP contribution in [0.4, 0.5) is 0 Å². The molecule has 3 rings (SSSR count). The highest BCUT2D eigenvalue weighted by molar-refractivity contribution is 6.35. The second-order valence-electron chi connectivity index (χ2n) is 4.47. The van der Waals surface area contributed by atoms with Crippen LogP contribution in [0.15, 0.2) is 54.6 Å². The van der Waals surface area contributed by atoms with Crippen molar-refractivity contribution in [2.45, 2.75) is 0 Å². The Bertz CT molecular complexity index is 833. The fraction of sp³-hybridized carbons (Fsp3) is 0. The monoisotopic (exact) mass is 297 g/mol. The molecule has 21 heavy (non-hydrogen) atoms. The first kappa shape index (κ1) is 13.4. The summed E-state index contributed by atoms with van der Waals surface area (Å²) in [7, 11) is 0. The van der Waals surface area contributed by atoms with E-state index in [1.807, 2.05) is 24.3 Å². The number of fused-ring (bicyclic) bond motifs is 1. The van der Waals surface area contributed by atoms with Crippen molar-refractivity contribution in [3.8, 4) is 11.6 Å². The Labute approximate surface area is 126 Å². The van der Waals surface area contributed by atoms with Crippen LogP contribution in [0.2, 0.25) is 5.02 Å². The molecule has 104 valence electrons. The van der Waals surface area contributed by atoms with Crippen LogP contribution in [-0.2, 0) is 0 Å². The van der Waals surface area contributed by atoms with Crippen LogP contribution in [0.5, 0.6) is 11.6 Å². The maximum absolute atomic E-state index is 7.41. The molecule has 3 N–H and O–H groups in total. The Morgan fingerprint density at radius 2 is 1.76 bits per heavy atom. The molecule has 2 aromatic carbocycles. The van der Waals surface area contributed by atoms with E-state index >= 15 is 0 Å². The molecule has 3 aromatic rings. The van der Waals surface area contributed by atoms with Gasteiger partial charge in [0.2, 0.25) is 5.88 Å². The van der Waals surface area contributed by atoms with Gasteiger partial charge in [-0.3, -0.25) is 5.41 Å². The lowest BCUT2D eigenvalue weighted by Crippen LogP contribution is -2.13. The van der Waals surface area contributed by atoms with E-state index in [1.54, 1.807) is 30.3 Å². The van der Waals surface area contributed by atoms with Crippen molar-refractivity contribution >= 4 is 28.2 Å². The van der Waals surface area contributed by atoms with Crippen molar-refractivity contribution < 1.29 is 4.74 Å². The summed E-state index contributed by atoms with van der Waals surface area (Å²) in [5.74, 6) is 0.944. The molecule has 0 saturated heterocycles. The molecule has 0 aliphatic carbocycles. The third kappa shape index (κ3) is 2.66. The zero-order valence-corrected chi connectivity index (χ0v) is 11.8. The van der Waals surface area contributed by atoms with Crippen molar-refractivity contribution in [1.29, 1.82) is 5.41 Å². The average molecular weight is 298 g/mol. The molecule has 5 heteroatoms. The van der Waals surface area contributed by atoms with Gasteiger partial charge in [-0.25, -0.2) is 4.98 Å². The number of aromatic nitrogens is 1.